The van der Waals surface area contributed by atoms with Crippen LogP contribution in [0.1, 0.15) is 117 Å². The SMILES string of the molecule is C1CCC([PH+](C2CCCCC2)C2CCCCC2)CC1.CC(C)(C)C=[C]=[Ru]([Cl])[Cl]. The van der Waals surface area contributed by atoms with Gasteiger partial charge in [0.1, 0.15) is 0 Å². The molecule has 0 nitrogen and oxygen atoms in total. The maximum absolute atomic E-state index is 5.55. The summed E-state index contributed by atoms with van der Waals surface area (Å²) in [5.41, 5.74) is 3.84. The third kappa shape index (κ3) is 10.1. The number of rotatable bonds is 3. The molecule has 0 bridgehead atoms. The minimum absolute atomic E-state index is 0.0465. The molecule has 28 heavy (non-hydrogen) atoms. The molecule has 3 fully saturated rings. The summed E-state index contributed by atoms with van der Waals surface area (Å²) in [6.45, 7) is 6.27. The Labute approximate surface area is 189 Å². The van der Waals surface area contributed by atoms with Crippen molar-refractivity contribution in [2.24, 2.45) is 5.41 Å². The zero-order valence-corrected chi connectivity index (χ0v) is 22.8. The quantitative estimate of drug-likeness (QED) is 0.250. The van der Waals surface area contributed by atoms with E-state index < -0.39 is 13.5 Å². The van der Waals surface area contributed by atoms with Crippen LogP contribution in [0, 0.1) is 5.41 Å². The van der Waals surface area contributed by atoms with Crippen molar-refractivity contribution in [1.29, 1.82) is 0 Å². The molecule has 0 aromatic heterocycles. The zero-order chi connectivity index (χ0) is 20.4. The van der Waals surface area contributed by atoms with Crippen molar-refractivity contribution in [2.45, 2.75) is 134 Å². The average Bonchev–Trinajstić information content (AvgIpc) is 2.69. The topological polar surface area (TPSA) is 0 Å². The summed E-state index contributed by atoms with van der Waals surface area (Å²) < 4.78 is 2.93. The van der Waals surface area contributed by atoms with E-state index in [9.17, 15) is 0 Å². The van der Waals surface area contributed by atoms with E-state index in [4.69, 9.17) is 19.4 Å². The van der Waals surface area contributed by atoms with E-state index in [-0.39, 0.29) is 13.3 Å². The molecule has 0 aromatic carbocycles. The summed E-state index contributed by atoms with van der Waals surface area (Å²) in [6, 6.07) is 0. The second-order valence-electron chi connectivity index (χ2n) is 10.3. The Bertz CT molecular complexity index is 442. The normalized spacial score (nSPS) is 23.6. The molecule has 4 heteroatoms. The molecule has 0 unspecified atom stereocenters. The first-order chi connectivity index (χ1) is 13.4. The predicted octanol–water partition coefficient (Wildman–Crippen LogP) is 9.11. The molecular formula is C24H44Cl2PRu+. The van der Waals surface area contributed by atoms with E-state index in [2.05, 4.69) is 25.0 Å². The fourth-order valence-corrected chi connectivity index (χ4v) is 12.1. The molecule has 0 saturated heterocycles. The first-order valence-corrected chi connectivity index (χ1v) is 18.9. The molecule has 3 saturated carbocycles. The Morgan fingerprint density at radius 1 is 0.679 bits per heavy atom. The second kappa shape index (κ2) is 13.6. The van der Waals surface area contributed by atoms with Gasteiger partial charge in [-0.25, -0.2) is 0 Å². The first-order valence-electron chi connectivity index (χ1n) is 11.8. The monoisotopic (exact) mass is 535 g/mol. The van der Waals surface area contributed by atoms with Gasteiger partial charge in [-0.15, -0.1) is 0 Å². The third-order valence-corrected chi connectivity index (χ3v) is 12.9. The molecule has 0 aliphatic heterocycles. The van der Waals surface area contributed by atoms with Gasteiger partial charge in [0.2, 0.25) is 0 Å². The summed E-state index contributed by atoms with van der Waals surface area (Å²) in [5.74, 6) is 0. The number of hydrogen-bond acceptors (Lipinski definition) is 0. The minimum atomic E-state index is -1.67. The van der Waals surface area contributed by atoms with Crippen LogP contribution >= 0.6 is 27.3 Å². The van der Waals surface area contributed by atoms with Crippen LogP contribution in [-0.4, -0.2) is 21.2 Å². The van der Waals surface area contributed by atoms with Crippen molar-refractivity contribution < 1.29 is 13.5 Å². The Morgan fingerprint density at radius 2 is 1.00 bits per heavy atom. The zero-order valence-electron chi connectivity index (χ0n) is 18.5. The Balaban J connectivity index is 0.000000266. The van der Waals surface area contributed by atoms with Gasteiger partial charge in [0, 0.05) is 7.92 Å². The molecule has 0 aromatic rings. The number of allylic oxidation sites excluding steroid dienone is 1. The van der Waals surface area contributed by atoms with Crippen molar-refractivity contribution >= 4 is 31.6 Å². The van der Waals surface area contributed by atoms with E-state index in [1.807, 2.05) is 6.08 Å². The van der Waals surface area contributed by atoms with Gasteiger partial charge >= 0.3 is 69.4 Å². The molecule has 0 heterocycles. The Morgan fingerprint density at radius 3 is 1.21 bits per heavy atom. The van der Waals surface area contributed by atoms with Crippen molar-refractivity contribution in [3.8, 4) is 0 Å². The van der Waals surface area contributed by atoms with Gasteiger partial charge in [0.25, 0.3) is 0 Å². The van der Waals surface area contributed by atoms with Crippen LogP contribution in [0.4, 0.5) is 0 Å². The van der Waals surface area contributed by atoms with Gasteiger partial charge < -0.3 is 0 Å². The van der Waals surface area contributed by atoms with Crippen LogP contribution in [0.15, 0.2) is 6.08 Å². The van der Waals surface area contributed by atoms with E-state index in [1.54, 1.807) is 96.3 Å². The first kappa shape index (κ1) is 25.5. The van der Waals surface area contributed by atoms with Gasteiger partial charge in [-0.1, -0.05) is 19.3 Å². The second-order valence-corrected chi connectivity index (χ2v) is 19.1. The summed E-state index contributed by atoms with van der Waals surface area (Å²) in [6.07, 6.45) is 25.7. The van der Waals surface area contributed by atoms with Crippen molar-refractivity contribution in [1.82, 2.24) is 0 Å². The van der Waals surface area contributed by atoms with Gasteiger partial charge in [-0.3, -0.25) is 0 Å². The maximum atomic E-state index is 5.55. The van der Waals surface area contributed by atoms with E-state index in [0.717, 1.165) is 0 Å². The summed E-state index contributed by atoms with van der Waals surface area (Å²) in [5, 5.41) is 0. The van der Waals surface area contributed by atoms with Crippen LogP contribution in [0.3, 0.4) is 0 Å². The van der Waals surface area contributed by atoms with E-state index in [1.165, 1.54) is 17.0 Å². The molecule has 0 amide bonds. The molecule has 3 rings (SSSR count). The fourth-order valence-electron chi connectivity index (χ4n) is 5.50. The third-order valence-electron chi connectivity index (χ3n) is 6.79. The summed E-state index contributed by atoms with van der Waals surface area (Å²) in [7, 11) is 11.1. The average molecular weight is 536 g/mol. The van der Waals surface area contributed by atoms with Crippen molar-refractivity contribution in [3.63, 3.8) is 0 Å². The standard InChI is InChI=1S/C18H33P.C6H10.2ClH.Ru/c1-4-10-16(11-5-1)19(17-12-6-2-7-13-17)18-14-8-3-9-15-18;1-5-6(2,3)4;;;/h16-18H,1-15H2;5H,2-4H3;2*1H;/q;;;;+2/p-1. The van der Waals surface area contributed by atoms with Crippen LogP contribution in [-0.2, 0) is 13.5 Å². The van der Waals surface area contributed by atoms with E-state index in [0.29, 0.717) is 0 Å². The predicted molar refractivity (Wildman–Crippen MR) is 130 cm³/mol. The molecule has 0 spiro atoms. The fraction of sp³-hybridized carbons (Fsp3) is 0.917. The molecule has 0 atom stereocenters. The molecular weight excluding hydrogens is 491 g/mol. The molecule has 3 aliphatic carbocycles. The summed E-state index contributed by atoms with van der Waals surface area (Å²) >= 11 is -1.67. The van der Waals surface area contributed by atoms with Crippen LogP contribution in [0.2, 0.25) is 0 Å². The van der Waals surface area contributed by atoms with Gasteiger partial charge in [0.15, 0.2) is 0 Å². The van der Waals surface area contributed by atoms with Crippen molar-refractivity contribution in [3.05, 3.63) is 6.08 Å². The van der Waals surface area contributed by atoms with Crippen LogP contribution in [0.25, 0.3) is 0 Å². The molecule has 0 N–H and O–H groups in total. The molecule has 0 radical (unpaired) electrons. The van der Waals surface area contributed by atoms with Gasteiger partial charge in [0.05, 0.1) is 17.0 Å². The molecule has 166 valence electrons. The van der Waals surface area contributed by atoms with Gasteiger partial charge in [-0.05, 0) is 77.0 Å². The Kier molecular flexibility index (Phi) is 12.4. The van der Waals surface area contributed by atoms with Crippen molar-refractivity contribution in [2.75, 3.05) is 0 Å². The number of hydrogen-bond donors (Lipinski definition) is 0. The van der Waals surface area contributed by atoms with E-state index >= 15 is 0 Å². The summed E-state index contributed by atoms with van der Waals surface area (Å²) in [4.78, 5) is 0. The van der Waals surface area contributed by atoms with Crippen LogP contribution < -0.4 is 0 Å². The van der Waals surface area contributed by atoms with Gasteiger partial charge in [-0.2, -0.15) is 0 Å². The van der Waals surface area contributed by atoms with Crippen LogP contribution in [0.5, 0.6) is 0 Å². The number of halogens is 2. The Hall–Kier alpha value is 1.28. The molecule has 3 aliphatic rings.